The highest BCUT2D eigenvalue weighted by atomic mass is 32.2. The summed E-state index contributed by atoms with van der Waals surface area (Å²) in [4.78, 5) is 0.0920. The van der Waals surface area contributed by atoms with E-state index >= 15 is 0 Å². The number of hydrogen-bond acceptors (Lipinski definition) is 5. The van der Waals surface area contributed by atoms with Gasteiger partial charge in [-0.1, -0.05) is 12.1 Å². The van der Waals surface area contributed by atoms with Gasteiger partial charge in [0.25, 0.3) is 0 Å². The Morgan fingerprint density at radius 3 is 2.47 bits per heavy atom. The molecular formula is C12H19N3O3S. The number of hydrogen-bond donors (Lipinski definition) is 3. The fraction of sp³-hybridized carbons (Fsp3) is 0.500. The Labute approximate surface area is 113 Å². The van der Waals surface area contributed by atoms with Gasteiger partial charge in [-0.2, -0.15) is 0 Å². The maximum absolute atomic E-state index is 11.6. The molecule has 1 fully saturated rings. The number of rotatable bonds is 4. The highest BCUT2D eigenvalue weighted by Gasteiger charge is 2.32. The topological polar surface area (TPSA) is 107 Å². The molecule has 1 saturated heterocycles. The molecule has 1 aromatic rings. The van der Waals surface area contributed by atoms with Crippen molar-refractivity contribution >= 4 is 15.7 Å². The molecule has 0 spiro atoms. The van der Waals surface area contributed by atoms with Crippen molar-refractivity contribution in [3.8, 4) is 0 Å². The number of ether oxygens (including phenoxy) is 1. The monoisotopic (exact) mass is 285 g/mol. The first-order valence-electron chi connectivity index (χ1n) is 6.15. The van der Waals surface area contributed by atoms with Gasteiger partial charge in [0, 0.05) is 19.8 Å². The molecule has 0 saturated carbocycles. The Bertz CT molecular complexity index is 539. The molecule has 1 aliphatic rings. The van der Waals surface area contributed by atoms with Crippen LogP contribution < -0.4 is 16.2 Å². The van der Waals surface area contributed by atoms with Gasteiger partial charge in [-0.05, 0) is 25.0 Å². The molecule has 0 radical (unpaired) electrons. The largest absolute Gasteiger partial charge is 0.381 e. The first kappa shape index (κ1) is 14.3. The summed E-state index contributed by atoms with van der Waals surface area (Å²) in [7, 11) is -3.75. The van der Waals surface area contributed by atoms with E-state index in [0.717, 1.165) is 12.8 Å². The van der Waals surface area contributed by atoms with Gasteiger partial charge in [0.05, 0.1) is 11.2 Å². The van der Waals surface area contributed by atoms with Gasteiger partial charge in [-0.3, -0.25) is 0 Å². The Morgan fingerprint density at radius 1 is 1.26 bits per heavy atom. The van der Waals surface area contributed by atoms with Gasteiger partial charge in [-0.25, -0.2) is 13.6 Å². The molecule has 6 nitrogen and oxygen atoms in total. The van der Waals surface area contributed by atoms with Crippen LogP contribution in [0.15, 0.2) is 29.2 Å². The van der Waals surface area contributed by atoms with E-state index in [0.29, 0.717) is 25.4 Å². The Kier molecular flexibility index (Phi) is 4.10. The lowest BCUT2D eigenvalue weighted by atomic mass is 9.90. The number of para-hydroxylation sites is 1. The Balaban J connectivity index is 2.32. The predicted octanol–water partition coefficient (Wildman–Crippen LogP) is 0.254. The first-order valence-corrected chi connectivity index (χ1v) is 7.69. The molecule has 0 aromatic heterocycles. The summed E-state index contributed by atoms with van der Waals surface area (Å²) in [5, 5.41) is 8.48. The van der Waals surface area contributed by atoms with Crippen LogP contribution in [0.5, 0.6) is 0 Å². The van der Waals surface area contributed by atoms with Gasteiger partial charge in [0.2, 0.25) is 10.0 Å². The molecule has 106 valence electrons. The lowest BCUT2D eigenvalue weighted by Crippen LogP contribution is -2.49. The normalized spacial score (nSPS) is 19.1. The Hall–Kier alpha value is -1.15. The van der Waals surface area contributed by atoms with Crippen LogP contribution in [-0.4, -0.2) is 33.7 Å². The molecule has 2 rings (SSSR count). The van der Waals surface area contributed by atoms with Crippen LogP contribution in [0.25, 0.3) is 0 Å². The van der Waals surface area contributed by atoms with Gasteiger partial charge in [0.15, 0.2) is 0 Å². The van der Waals surface area contributed by atoms with Crippen LogP contribution in [0, 0.1) is 0 Å². The highest BCUT2D eigenvalue weighted by molar-refractivity contribution is 7.89. The summed E-state index contributed by atoms with van der Waals surface area (Å²) in [5.41, 5.74) is 6.01. The minimum absolute atomic E-state index is 0.0920. The summed E-state index contributed by atoms with van der Waals surface area (Å²) >= 11 is 0. The maximum Gasteiger partial charge on any atom is 0.240 e. The summed E-state index contributed by atoms with van der Waals surface area (Å²) < 4.78 is 28.5. The van der Waals surface area contributed by atoms with Crippen molar-refractivity contribution in [3.05, 3.63) is 24.3 Å². The van der Waals surface area contributed by atoms with E-state index in [1.54, 1.807) is 18.2 Å². The molecule has 5 N–H and O–H groups in total. The van der Waals surface area contributed by atoms with Crippen LogP contribution in [-0.2, 0) is 14.8 Å². The fourth-order valence-electron chi connectivity index (χ4n) is 2.25. The molecule has 0 unspecified atom stereocenters. The van der Waals surface area contributed by atoms with Crippen molar-refractivity contribution in [2.75, 3.05) is 25.1 Å². The Morgan fingerprint density at radius 2 is 1.89 bits per heavy atom. The van der Waals surface area contributed by atoms with Crippen molar-refractivity contribution in [1.29, 1.82) is 0 Å². The lowest BCUT2D eigenvalue weighted by Gasteiger charge is -2.38. The molecule has 0 bridgehead atoms. The zero-order valence-corrected chi connectivity index (χ0v) is 11.4. The van der Waals surface area contributed by atoms with E-state index in [9.17, 15) is 8.42 Å². The number of anilines is 1. The summed E-state index contributed by atoms with van der Waals surface area (Å²) in [5.74, 6) is 0. The SMILES string of the molecule is NCC1(Nc2ccccc2S(N)(=O)=O)CCOCC1. The van der Waals surface area contributed by atoms with E-state index in [2.05, 4.69) is 5.32 Å². The standard InChI is InChI=1S/C12H19N3O3S/c13-9-12(5-7-18-8-6-12)15-10-3-1-2-4-11(10)19(14,16)17/h1-4,15H,5-9,13H2,(H2,14,16,17). The van der Waals surface area contributed by atoms with E-state index < -0.39 is 10.0 Å². The molecular weight excluding hydrogens is 266 g/mol. The second kappa shape index (κ2) is 5.46. The summed E-state index contributed by atoms with van der Waals surface area (Å²) in [6, 6.07) is 6.60. The molecule has 1 heterocycles. The maximum atomic E-state index is 11.6. The first-order chi connectivity index (χ1) is 8.97. The second-order valence-corrected chi connectivity index (χ2v) is 6.29. The average molecular weight is 285 g/mol. The third-order valence-electron chi connectivity index (χ3n) is 3.43. The molecule has 1 aliphatic heterocycles. The van der Waals surface area contributed by atoms with Crippen molar-refractivity contribution in [1.82, 2.24) is 0 Å². The second-order valence-electron chi connectivity index (χ2n) is 4.76. The smallest absolute Gasteiger partial charge is 0.240 e. The van der Waals surface area contributed by atoms with E-state index in [1.807, 2.05) is 0 Å². The molecule has 0 amide bonds. The zero-order valence-electron chi connectivity index (χ0n) is 10.6. The zero-order chi connectivity index (χ0) is 13.9. The average Bonchev–Trinajstić information content (AvgIpc) is 2.39. The number of sulfonamides is 1. The van der Waals surface area contributed by atoms with Gasteiger partial charge in [-0.15, -0.1) is 0 Å². The van der Waals surface area contributed by atoms with Crippen LogP contribution in [0.4, 0.5) is 5.69 Å². The van der Waals surface area contributed by atoms with Gasteiger partial charge < -0.3 is 15.8 Å². The van der Waals surface area contributed by atoms with Crippen LogP contribution in [0.1, 0.15) is 12.8 Å². The minimum atomic E-state index is -3.75. The van der Waals surface area contributed by atoms with Crippen molar-refractivity contribution in [2.45, 2.75) is 23.3 Å². The number of nitrogens with two attached hydrogens (primary N) is 2. The van der Waals surface area contributed by atoms with Crippen molar-refractivity contribution in [2.24, 2.45) is 10.9 Å². The van der Waals surface area contributed by atoms with Crippen molar-refractivity contribution in [3.63, 3.8) is 0 Å². The molecule has 7 heteroatoms. The predicted molar refractivity (Wildman–Crippen MR) is 73.3 cm³/mol. The summed E-state index contributed by atoms with van der Waals surface area (Å²) in [6.07, 6.45) is 1.48. The third kappa shape index (κ3) is 3.24. The molecule has 1 aromatic carbocycles. The van der Waals surface area contributed by atoms with Crippen LogP contribution in [0.2, 0.25) is 0 Å². The summed E-state index contributed by atoms with van der Waals surface area (Å²) in [6.45, 7) is 1.64. The molecule has 19 heavy (non-hydrogen) atoms. The van der Waals surface area contributed by atoms with Crippen LogP contribution in [0.3, 0.4) is 0 Å². The van der Waals surface area contributed by atoms with E-state index in [1.165, 1.54) is 6.07 Å². The quantitative estimate of drug-likeness (QED) is 0.735. The van der Waals surface area contributed by atoms with Crippen molar-refractivity contribution < 1.29 is 13.2 Å². The number of primary sulfonamides is 1. The molecule has 0 aliphatic carbocycles. The van der Waals surface area contributed by atoms with Gasteiger partial charge in [0.1, 0.15) is 4.90 Å². The lowest BCUT2D eigenvalue weighted by molar-refractivity contribution is 0.0627. The fourth-order valence-corrected chi connectivity index (χ4v) is 2.94. The molecule has 0 atom stereocenters. The number of benzene rings is 1. The highest BCUT2D eigenvalue weighted by Crippen LogP contribution is 2.28. The van der Waals surface area contributed by atoms with E-state index in [4.69, 9.17) is 15.6 Å². The van der Waals surface area contributed by atoms with Crippen LogP contribution >= 0.6 is 0 Å². The number of nitrogens with one attached hydrogen (secondary N) is 1. The third-order valence-corrected chi connectivity index (χ3v) is 4.40. The van der Waals surface area contributed by atoms with Gasteiger partial charge >= 0.3 is 0 Å². The minimum Gasteiger partial charge on any atom is -0.381 e. The van der Waals surface area contributed by atoms with E-state index in [-0.39, 0.29) is 10.4 Å².